The van der Waals surface area contributed by atoms with Crippen molar-refractivity contribution in [2.45, 2.75) is 31.5 Å². The summed E-state index contributed by atoms with van der Waals surface area (Å²) in [6.07, 6.45) is 0.815. The second kappa shape index (κ2) is 5.29. The van der Waals surface area contributed by atoms with Crippen molar-refractivity contribution in [3.05, 3.63) is 0 Å². The van der Waals surface area contributed by atoms with Crippen LogP contribution < -0.4 is 10.6 Å². The summed E-state index contributed by atoms with van der Waals surface area (Å²) >= 11 is 0. The lowest BCUT2D eigenvalue weighted by Gasteiger charge is -2.15. The Morgan fingerprint density at radius 2 is 2.50 bits per heavy atom. The van der Waals surface area contributed by atoms with Crippen molar-refractivity contribution in [1.29, 1.82) is 0 Å². The van der Waals surface area contributed by atoms with E-state index in [0.29, 0.717) is 13.0 Å². The van der Waals surface area contributed by atoms with Crippen LogP contribution in [0.4, 0.5) is 0 Å². The highest BCUT2D eigenvalue weighted by Crippen LogP contribution is 2.09. The van der Waals surface area contributed by atoms with E-state index in [2.05, 4.69) is 10.6 Å². The van der Waals surface area contributed by atoms with Gasteiger partial charge in [0.2, 0.25) is 5.91 Å². The highest BCUT2D eigenvalue weighted by atomic mass is 16.5. The number of aliphatic hydroxyl groups excluding tert-OH is 1. The summed E-state index contributed by atoms with van der Waals surface area (Å²) in [5, 5.41) is 14.5. The molecule has 0 radical (unpaired) electrons. The topological polar surface area (TPSA) is 70.6 Å². The molecule has 5 nitrogen and oxygen atoms in total. The van der Waals surface area contributed by atoms with Gasteiger partial charge in [-0.3, -0.25) is 4.79 Å². The molecule has 0 aromatic heterocycles. The first-order chi connectivity index (χ1) is 6.67. The lowest BCUT2D eigenvalue weighted by molar-refractivity contribution is -0.123. The van der Waals surface area contributed by atoms with Crippen LogP contribution in [0, 0.1) is 0 Å². The van der Waals surface area contributed by atoms with Gasteiger partial charge in [0.25, 0.3) is 0 Å². The number of methoxy groups -OCH3 is 1. The molecule has 0 aliphatic carbocycles. The van der Waals surface area contributed by atoms with E-state index in [1.165, 1.54) is 0 Å². The monoisotopic (exact) mass is 202 g/mol. The minimum atomic E-state index is -0.189. The predicted molar refractivity (Wildman–Crippen MR) is 51.9 cm³/mol. The molecule has 3 N–H and O–H groups in total. The number of rotatable bonds is 4. The molecular weight excluding hydrogens is 184 g/mol. The molecular formula is C9H18N2O3. The first-order valence-electron chi connectivity index (χ1n) is 4.84. The molecule has 0 spiro atoms. The average Bonchev–Trinajstić information content (AvgIpc) is 2.65. The molecule has 0 saturated carbocycles. The highest BCUT2D eigenvalue weighted by Gasteiger charge is 2.29. The first kappa shape index (κ1) is 11.4. The molecule has 3 atom stereocenters. The van der Waals surface area contributed by atoms with Crippen LogP contribution in [-0.4, -0.2) is 49.5 Å². The van der Waals surface area contributed by atoms with Crippen molar-refractivity contribution in [2.24, 2.45) is 0 Å². The number of amides is 1. The maximum Gasteiger partial charge on any atom is 0.237 e. The van der Waals surface area contributed by atoms with Crippen LogP contribution in [0.2, 0.25) is 0 Å². The smallest absolute Gasteiger partial charge is 0.237 e. The third-order valence-corrected chi connectivity index (χ3v) is 2.40. The fourth-order valence-corrected chi connectivity index (χ4v) is 1.47. The van der Waals surface area contributed by atoms with E-state index in [-0.39, 0.29) is 30.7 Å². The quantitative estimate of drug-likeness (QED) is 0.539. The lowest BCUT2D eigenvalue weighted by atomic mass is 10.2. The summed E-state index contributed by atoms with van der Waals surface area (Å²) in [6.45, 7) is 2.44. The minimum Gasteiger partial charge on any atom is -0.394 e. The van der Waals surface area contributed by atoms with Gasteiger partial charge in [0.05, 0.1) is 18.8 Å². The molecule has 1 heterocycles. The lowest BCUT2D eigenvalue weighted by Crippen LogP contribution is -2.45. The molecule has 1 aliphatic heterocycles. The van der Waals surface area contributed by atoms with Gasteiger partial charge in [-0.05, 0) is 13.3 Å². The second-order valence-electron chi connectivity index (χ2n) is 3.65. The fourth-order valence-electron chi connectivity index (χ4n) is 1.47. The molecule has 1 rings (SSSR count). The third-order valence-electron chi connectivity index (χ3n) is 2.40. The molecule has 3 unspecified atom stereocenters. The number of ether oxygens (including phenoxy) is 1. The second-order valence-corrected chi connectivity index (χ2v) is 3.65. The summed E-state index contributed by atoms with van der Waals surface area (Å²) in [7, 11) is 1.64. The third kappa shape index (κ3) is 2.94. The molecule has 1 amide bonds. The zero-order valence-electron chi connectivity index (χ0n) is 8.62. The van der Waals surface area contributed by atoms with E-state index in [1.807, 2.05) is 0 Å². The number of hydrogen-bond acceptors (Lipinski definition) is 4. The maximum absolute atomic E-state index is 11.5. The SMILES string of the molecule is COC1CNC(C(=O)NC(C)CO)C1. The van der Waals surface area contributed by atoms with Gasteiger partial charge in [0.1, 0.15) is 0 Å². The summed E-state index contributed by atoms with van der Waals surface area (Å²) in [6, 6.07) is -0.375. The average molecular weight is 202 g/mol. The van der Waals surface area contributed by atoms with Gasteiger partial charge >= 0.3 is 0 Å². The van der Waals surface area contributed by atoms with Gasteiger partial charge in [-0.25, -0.2) is 0 Å². The molecule has 1 aliphatic rings. The van der Waals surface area contributed by atoms with Crippen LogP contribution in [0.3, 0.4) is 0 Å². The Kier molecular flexibility index (Phi) is 4.31. The standard InChI is InChI=1S/C9H18N2O3/c1-6(5-12)11-9(13)8-3-7(14-2)4-10-8/h6-8,10,12H,3-5H2,1-2H3,(H,11,13). The zero-order valence-corrected chi connectivity index (χ0v) is 8.62. The van der Waals surface area contributed by atoms with E-state index in [0.717, 1.165) is 0 Å². The van der Waals surface area contributed by atoms with Gasteiger partial charge in [-0.2, -0.15) is 0 Å². The Bertz CT molecular complexity index is 198. The Morgan fingerprint density at radius 1 is 1.79 bits per heavy atom. The first-order valence-corrected chi connectivity index (χ1v) is 4.84. The van der Waals surface area contributed by atoms with E-state index >= 15 is 0 Å². The largest absolute Gasteiger partial charge is 0.394 e. The van der Waals surface area contributed by atoms with Crippen molar-refractivity contribution in [3.63, 3.8) is 0 Å². The summed E-state index contributed by atoms with van der Waals surface area (Å²) in [5.41, 5.74) is 0. The van der Waals surface area contributed by atoms with Crippen molar-refractivity contribution >= 4 is 5.91 Å². The number of aliphatic hydroxyl groups is 1. The van der Waals surface area contributed by atoms with Gasteiger partial charge < -0.3 is 20.5 Å². The molecule has 0 bridgehead atoms. The van der Waals surface area contributed by atoms with Crippen molar-refractivity contribution in [2.75, 3.05) is 20.3 Å². The Labute approximate surface area is 83.8 Å². The van der Waals surface area contributed by atoms with Gasteiger partial charge in [-0.15, -0.1) is 0 Å². The zero-order chi connectivity index (χ0) is 10.6. The van der Waals surface area contributed by atoms with Gasteiger partial charge in [0, 0.05) is 19.7 Å². The van der Waals surface area contributed by atoms with Crippen LogP contribution in [0.15, 0.2) is 0 Å². The van der Waals surface area contributed by atoms with Crippen molar-refractivity contribution < 1.29 is 14.6 Å². The molecule has 1 fully saturated rings. The molecule has 0 aromatic rings. The summed E-state index contributed by atoms with van der Waals surface area (Å²) in [5.74, 6) is -0.0638. The Balaban J connectivity index is 2.32. The minimum absolute atomic E-state index is 0.0355. The van der Waals surface area contributed by atoms with E-state index < -0.39 is 0 Å². The van der Waals surface area contributed by atoms with Crippen LogP contribution >= 0.6 is 0 Å². The molecule has 1 saturated heterocycles. The maximum atomic E-state index is 11.5. The van der Waals surface area contributed by atoms with E-state index in [1.54, 1.807) is 14.0 Å². The van der Waals surface area contributed by atoms with Crippen molar-refractivity contribution in [3.8, 4) is 0 Å². The van der Waals surface area contributed by atoms with Crippen LogP contribution in [0.25, 0.3) is 0 Å². The predicted octanol–water partition coefficient (Wildman–Crippen LogP) is -1.14. The fraction of sp³-hybridized carbons (Fsp3) is 0.889. The molecule has 0 aromatic carbocycles. The van der Waals surface area contributed by atoms with Crippen molar-refractivity contribution in [1.82, 2.24) is 10.6 Å². The van der Waals surface area contributed by atoms with Crippen LogP contribution in [0.1, 0.15) is 13.3 Å². The number of carbonyl (C=O) groups excluding carboxylic acids is 1. The summed E-state index contributed by atoms with van der Waals surface area (Å²) < 4.78 is 5.13. The Hall–Kier alpha value is -0.650. The molecule has 14 heavy (non-hydrogen) atoms. The van der Waals surface area contributed by atoms with Gasteiger partial charge in [-0.1, -0.05) is 0 Å². The van der Waals surface area contributed by atoms with Gasteiger partial charge in [0.15, 0.2) is 0 Å². The van der Waals surface area contributed by atoms with E-state index in [4.69, 9.17) is 9.84 Å². The molecule has 5 heteroatoms. The van der Waals surface area contributed by atoms with E-state index in [9.17, 15) is 4.79 Å². The van der Waals surface area contributed by atoms with Crippen LogP contribution in [0.5, 0.6) is 0 Å². The normalized spacial score (nSPS) is 28.8. The van der Waals surface area contributed by atoms with Crippen LogP contribution in [-0.2, 0) is 9.53 Å². The summed E-state index contributed by atoms with van der Waals surface area (Å²) in [4.78, 5) is 11.5. The number of carbonyl (C=O) groups is 1. The molecule has 82 valence electrons. The number of hydrogen-bond donors (Lipinski definition) is 3. The number of nitrogens with one attached hydrogen (secondary N) is 2. The Morgan fingerprint density at radius 3 is 3.00 bits per heavy atom. The highest BCUT2D eigenvalue weighted by molar-refractivity contribution is 5.82.